The summed E-state index contributed by atoms with van der Waals surface area (Å²) in [6, 6.07) is 0.735. The molecular formula is C13H24N2O. The fraction of sp³-hybridized carbons (Fsp3) is 0.923. The average molecular weight is 224 g/mol. The van der Waals surface area contributed by atoms with Gasteiger partial charge in [-0.2, -0.15) is 0 Å². The lowest BCUT2D eigenvalue weighted by molar-refractivity contribution is -0.124. The maximum Gasteiger partial charge on any atom is 0.149 e. The molecule has 0 aromatic heterocycles. The standard InChI is InChI=1S/C13H24N2O/c1-3-11(2)13(16)10-14-7-8-15-6-4-5-12(15)9-14/h11-12H,3-10H2,1-2H3. The summed E-state index contributed by atoms with van der Waals surface area (Å²) in [6.07, 6.45) is 3.65. The molecule has 0 saturated carbocycles. The third-order valence-electron chi connectivity index (χ3n) is 4.21. The Labute approximate surface area is 98.8 Å². The Balaban J connectivity index is 1.81. The molecule has 0 bridgehead atoms. The molecule has 0 radical (unpaired) electrons. The summed E-state index contributed by atoms with van der Waals surface area (Å²) in [5, 5.41) is 0. The second kappa shape index (κ2) is 5.28. The van der Waals surface area contributed by atoms with Gasteiger partial charge in [0.1, 0.15) is 5.78 Å². The van der Waals surface area contributed by atoms with E-state index in [1.54, 1.807) is 0 Å². The molecule has 3 heteroatoms. The van der Waals surface area contributed by atoms with E-state index in [-0.39, 0.29) is 5.92 Å². The summed E-state index contributed by atoms with van der Waals surface area (Å²) in [5.74, 6) is 0.663. The Morgan fingerprint density at radius 1 is 1.38 bits per heavy atom. The molecule has 2 aliphatic rings. The first kappa shape index (κ1) is 12.1. The number of carbonyl (C=O) groups is 1. The Hall–Kier alpha value is -0.410. The van der Waals surface area contributed by atoms with Crippen molar-refractivity contribution >= 4 is 5.78 Å². The van der Waals surface area contributed by atoms with Gasteiger partial charge in [0.05, 0.1) is 6.54 Å². The quantitative estimate of drug-likeness (QED) is 0.721. The molecule has 3 nitrogen and oxygen atoms in total. The fourth-order valence-electron chi connectivity index (χ4n) is 2.80. The Morgan fingerprint density at radius 3 is 2.94 bits per heavy atom. The smallest absolute Gasteiger partial charge is 0.149 e. The summed E-state index contributed by atoms with van der Waals surface area (Å²) < 4.78 is 0. The van der Waals surface area contributed by atoms with Gasteiger partial charge in [-0.05, 0) is 25.8 Å². The van der Waals surface area contributed by atoms with Crippen LogP contribution in [0.4, 0.5) is 0 Å². The molecular weight excluding hydrogens is 200 g/mol. The van der Waals surface area contributed by atoms with Crippen molar-refractivity contribution in [1.29, 1.82) is 0 Å². The van der Waals surface area contributed by atoms with E-state index in [0.717, 1.165) is 25.6 Å². The minimum Gasteiger partial charge on any atom is -0.298 e. The zero-order valence-corrected chi connectivity index (χ0v) is 10.6. The van der Waals surface area contributed by atoms with Crippen molar-refractivity contribution in [3.63, 3.8) is 0 Å². The summed E-state index contributed by atoms with van der Waals surface area (Å²) in [4.78, 5) is 16.8. The van der Waals surface area contributed by atoms with Crippen molar-refractivity contribution in [3.8, 4) is 0 Å². The molecule has 0 aromatic rings. The van der Waals surface area contributed by atoms with Crippen LogP contribution in [-0.4, -0.2) is 54.3 Å². The highest BCUT2D eigenvalue weighted by atomic mass is 16.1. The molecule has 16 heavy (non-hydrogen) atoms. The van der Waals surface area contributed by atoms with Gasteiger partial charge < -0.3 is 0 Å². The third kappa shape index (κ3) is 2.64. The third-order valence-corrected chi connectivity index (χ3v) is 4.21. The van der Waals surface area contributed by atoms with Crippen LogP contribution >= 0.6 is 0 Å². The minimum atomic E-state index is 0.238. The van der Waals surface area contributed by atoms with Crippen molar-refractivity contribution < 1.29 is 4.79 Å². The van der Waals surface area contributed by atoms with E-state index in [1.165, 1.54) is 25.9 Å². The largest absolute Gasteiger partial charge is 0.298 e. The molecule has 2 aliphatic heterocycles. The number of hydrogen-bond acceptors (Lipinski definition) is 3. The first-order valence-electron chi connectivity index (χ1n) is 6.69. The van der Waals surface area contributed by atoms with Gasteiger partial charge in [-0.15, -0.1) is 0 Å². The lowest BCUT2D eigenvalue weighted by atomic mass is 10.0. The molecule has 92 valence electrons. The number of carbonyl (C=O) groups excluding carboxylic acids is 1. The highest BCUT2D eigenvalue weighted by molar-refractivity contribution is 5.82. The number of fused-ring (bicyclic) bond motifs is 1. The zero-order chi connectivity index (χ0) is 11.5. The maximum absolute atomic E-state index is 11.9. The van der Waals surface area contributed by atoms with Gasteiger partial charge in [0.15, 0.2) is 0 Å². The number of hydrogen-bond donors (Lipinski definition) is 0. The first-order valence-corrected chi connectivity index (χ1v) is 6.69. The average Bonchev–Trinajstić information content (AvgIpc) is 2.75. The second-order valence-electron chi connectivity index (χ2n) is 5.34. The van der Waals surface area contributed by atoms with Gasteiger partial charge in [-0.25, -0.2) is 0 Å². The lowest BCUT2D eigenvalue weighted by Gasteiger charge is -2.37. The summed E-state index contributed by atoms with van der Waals surface area (Å²) >= 11 is 0. The minimum absolute atomic E-state index is 0.238. The van der Waals surface area contributed by atoms with E-state index in [4.69, 9.17) is 0 Å². The first-order chi connectivity index (χ1) is 7.70. The van der Waals surface area contributed by atoms with Crippen molar-refractivity contribution in [2.75, 3.05) is 32.7 Å². The van der Waals surface area contributed by atoms with E-state index < -0.39 is 0 Å². The van der Waals surface area contributed by atoms with Crippen molar-refractivity contribution in [2.24, 2.45) is 5.92 Å². The molecule has 0 N–H and O–H groups in total. The lowest BCUT2D eigenvalue weighted by Crippen LogP contribution is -2.51. The molecule has 2 saturated heterocycles. The van der Waals surface area contributed by atoms with Gasteiger partial charge in [0.2, 0.25) is 0 Å². The van der Waals surface area contributed by atoms with Crippen LogP contribution < -0.4 is 0 Å². The van der Waals surface area contributed by atoms with Crippen molar-refractivity contribution in [1.82, 2.24) is 9.80 Å². The highest BCUT2D eigenvalue weighted by Crippen LogP contribution is 2.21. The molecule has 0 aromatic carbocycles. The van der Waals surface area contributed by atoms with E-state index >= 15 is 0 Å². The van der Waals surface area contributed by atoms with Crippen LogP contribution in [0.3, 0.4) is 0 Å². The van der Waals surface area contributed by atoms with E-state index in [2.05, 4.69) is 16.7 Å². The van der Waals surface area contributed by atoms with Crippen LogP contribution in [0, 0.1) is 5.92 Å². The Kier molecular flexibility index (Phi) is 3.98. The van der Waals surface area contributed by atoms with E-state index in [0.29, 0.717) is 12.3 Å². The molecule has 2 atom stereocenters. The molecule has 2 unspecified atom stereocenters. The zero-order valence-electron chi connectivity index (χ0n) is 10.6. The van der Waals surface area contributed by atoms with Crippen LogP contribution in [-0.2, 0) is 4.79 Å². The van der Waals surface area contributed by atoms with Gasteiger partial charge in [-0.3, -0.25) is 14.6 Å². The van der Waals surface area contributed by atoms with Crippen LogP contribution in [0.1, 0.15) is 33.1 Å². The predicted molar refractivity (Wildman–Crippen MR) is 65.5 cm³/mol. The summed E-state index contributed by atoms with van der Waals surface area (Å²) in [5.41, 5.74) is 0. The number of Topliss-reactive ketones (excluding diaryl/α,β-unsaturated/α-hetero) is 1. The Morgan fingerprint density at radius 2 is 2.19 bits per heavy atom. The van der Waals surface area contributed by atoms with Gasteiger partial charge >= 0.3 is 0 Å². The Bertz CT molecular complexity index is 254. The summed E-state index contributed by atoms with van der Waals surface area (Å²) in [6.45, 7) is 9.46. The van der Waals surface area contributed by atoms with Gasteiger partial charge in [0, 0.05) is 31.6 Å². The SMILES string of the molecule is CCC(C)C(=O)CN1CCN2CCCC2C1. The van der Waals surface area contributed by atoms with Crippen molar-refractivity contribution in [2.45, 2.75) is 39.2 Å². The maximum atomic E-state index is 11.9. The molecule has 0 aliphatic carbocycles. The van der Waals surface area contributed by atoms with Crippen LogP contribution in [0.2, 0.25) is 0 Å². The summed E-state index contributed by atoms with van der Waals surface area (Å²) in [7, 11) is 0. The number of rotatable bonds is 4. The number of nitrogens with zero attached hydrogens (tertiary/aromatic N) is 2. The van der Waals surface area contributed by atoms with E-state index in [1.807, 2.05) is 6.92 Å². The van der Waals surface area contributed by atoms with Crippen LogP contribution in [0.15, 0.2) is 0 Å². The van der Waals surface area contributed by atoms with Crippen molar-refractivity contribution in [3.05, 3.63) is 0 Å². The molecule has 2 fully saturated rings. The molecule has 2 rings (SSSR count). The molecule has 2 heterocycles. The van der Waals surface area contributed by atoms with Crippen LogP contribution in [0.25, 0.3) is 0 Å². The highest BCUT2D eigenvalue weighted by Gasteiger charge is 2.31. The number of piperazine rings is 1. The normalized spacial score (nSPS) is 29.0. The monoisotopic (exact) mass is 224 g/mol. The van der Waals surface area contributed by atoms with E-state index in [9.17, 15) is 4.79 Å². The molecule has 0 spiro atoms. The van der Waals surface area contributed by atoms with Gasteiger partial charge in [-0.1, -0.05) is 13.8 Å². The fourth-order valence-corrected chi connectivity index (χ4v) is 2.80. The molecule has 0 amide bonds. The van der Waals surface area contributed by atoms with Crippen LogP contribution in [0.5, 0.6) is 0 Å². The topological polar surface area (TPSA) is 23.6 Å². The predicted octanol–water partition coefficient (Wildman–Crippen LogP) is 1.38. The second-order valence-corrected chi connectivity index (χ2v) is 5.34. The number of ketones is 1. The van der Waals surface area contributed by atoms with Gasteiger partial charge in [0.25, 0.3) is 0 Å².